The number of hydrogen-bond donors (Lipinski definition) is 1. The SMILES string of the molecule is CC1CCC(C(O)c2cc(Br)cc(Br)c2)CC1. The topological polar surface area (TPSA) is 20.2 Å². The number of benzene rings is 1. The fourth-order valence-corrected chi connectivity index (χ4v) is 3.95. The van der Waals surface area contributed by atoms with E-state index in [1.54, 1.807) is 0 Å². The van der Waals surface area contributed by atoms with Crippen molar-refractivity contribution in [2.24, 2.45) is 11.8 Å². The van der Waals surface area contributed by atoms with Crippen LogP contribution in [0.1, 0.15) is 44.3 Å². The molecular weight excluding hydrogens is 344 g/mol. The van der Waals surface area contributed by atoms with Crippen LogP contribution in [0.5, 0.6) is 0 Å². The van der Waals surface area contributed by atoms with Crippen LogP contribution in [0, 0.1) is 11.8 Å². The second-order valence-corrected chi connectivity index (χ2v) is 7.00. The first-order valence-electron chi connectivity index (χ1n) is 6.20. The molecule has 1 fully saturated rings. The maximum absolute atomic E-state index is 10.4. The molecule has 17 heavy (non-hydrogen) atoms. The summed E-state index contributed by atoms with van der Waals surface area (Å²) in [5, 5.41) is 10.4. The van der Waals surface area contributed by atoms with Gasteiger partial charge in [-0.25, -0.2) is 0 Å². The van der Waals surface area contributed by atoms with Crippen LogP contribution in [-0.4, -0.2) is 5.11 Å². The fourth-order valence-electron chi connectivity index (χ4n) is 2.62. The summed E-state index contributed by atoms with van der Waals surface area (Å²) < 4.78 is 2.04. The minimum absolute atomic E-state index is 0.323. The highest BCUT2D eigenvalue weighted by molar-refractivity contribution is 9.11. The van der Waals surface area contributed by atoms with Crippen molar-refractivity contribution >= 4 is 31.9 Å². The molecule has 94 valence electrons. The Morgan fingerprint density at radius 1 is 1.06 bits per heavy atom. The summed E-state index contributed by atoms with van der Waals surface area (Å²) in [5.74, 6) is 1.25. The van der Waals surface area contributed by atoms with Crippen molar-refractivity contribution < 1.29 is 5.11 Å². The largest absolute Gasteiger partial charge is 0.388 e. The summed E-state index contributed by atoms with van der Waals surface area (Å²) in [4.78, 5) is 0. The van der Waals surface area contributed by atoms with Gasteiger partial charge in [-0.2, -0.15) is 0 Å². The molecule has 3 heteroatoms. The van der Waals surface area contributed by atoms with Crippen LogP contribution >= 0.6 is 31.9 Å². The van der Waals surface area contributed by atoms with E-state index in [2.05, 4.69) is 38.8 Å². The second-order valence-electron chi connectivity index (χ2n) is 5.17. The first-order valence-corrected chi connectivity index (χ1v) is 7.79. The minimum atomic E-state index is -0.323. The molecule has 0 bridgehead atoms. The molecule has 1 aliphatic carbocycles. The van der Waals surface area contributed by atoms with Gasteiger partial charge >= 0.3 is 0 Å². The molecule has 1 nitrogen and oxygen atoms in total. The predicted octanol–water partition coefficient (Wildman–Crippen LogP) is 5.07. The van der Waals surface area contributed by atoms with E-state index in [0.717, 1.165) is 33.3 Å². The molecule has 1 atom stereocenters. The van der Waals surface area contributed by atoms with E-state index in [1.807, 2.05) is 18.2 Å². The van der Waals surface area contributed by atoms with Crippen molar-refractivity contribution in [3.8, 4) is 0 Å². The average molecular weight is 362 g/mol. The zero-order chi connectivity index (χ0) is 12.4. The van der Waals surface area contributed by atoms with E-state index >= 15 is 0 Å². The molecule has 1 aromatic rings. The second kappa shape index (κ2) is 5.85. The van der Waals surface area contributed by atoms with Crippen molar-refractivity contribution in [1.82, 2.24) is 0 Å². The van der Waals surface area contributed by atoms with E-state index in [0.29, 0.717) is 5.92 Å². The smallest absolute Gasteiger partial charge is 0.0818 e. The molecule has 1 unspecified atom stereocenters. The summed E-state index contributed by atoms with van der Waals surface area (Å²) >= 11 is 6.95. The van der Waals surface area contributed by atoms with Gasteiger partial charge in [0, 0.05) is 8.95 Å². The number of aliphatic hydroxyl groups is 1. The summed E-state index contributed by atoms with van der Waals surface area (Å²) in [6.45, 7) is 2.30. The van der Waals surface area contributed by atoms with Gasteiger partial charge in [-0.15, -0.1) is 0 Å². The maximum Gasteiger partial charge on any atom is 0.0818 e. The molecule has 0 amide bonds. The standard InChI is InChI=1S/C14H18Br2O/c1-9-2-4-10(5-3-9)14(17)11-6-12(15)8-13(16)7-11/h6-10,14,17H,2-5H2,1H3. The lowest BCUT2D eigenvalue weighted by atomic mass is 9.78. The minimum Gasteiger partial charge on any atom is -0.388 e. The Balaban J connectivity index is 2.10. The first kappa shape index (κ1) is 13.6. The van der Waals surface area contributed by atoms with Gasteiger partial charge in [0.25, 0.3) is 0 Å². The highest BCUT2D eigenvalue weighted by atomic mass is 79.9. The van der Waals surface area contributed by atoms with Crippen LogP contribution in [0.3, 0.4) is 0 Å². The van der Waals surface area contributed by atoms with Crippen LogP contribution < -0.4 is 0 Å². The highest BCUT2D eigenvalue weighted by Gasteiger charge is 2.25. The van der Waals surface area contributed by atoms with Gasteiger partial charge in [0.05, 0.1) is 6.10 Å². The van der Waals surface area contributed by atoms with Gasteiger partial charge in [-0.05, 0) is 48.4 Å². The summed E-state index contributed by atoms with van der Waals surface area (Å²) in [5.41, 5.74) is 1.02. The third kappa shape index (κ3) is 3.55. The van der Waals surface area contributed by atoms with Crippen molar-refractivity contribution in [1.29, 1.82) is 0 Å². The molecule has 1 N–H and O–H groups in total. The monoisotopic (exact) mass is 360 g/mol. The molecule has 2 rings (SSSR count). The van der Waals surface area contributed by atoms with Crippen LogP contribution in [0.4, 0.5) is 0 Å². The molecule has 0 saturated heterocycles. The normalized spacial score (nSPS) is 26.8. The lowest BCUT2D eigenvalue weighted by molar-refractivity contribution is 0.0755. The maximum atomic E-state index is 10.4. The Kier molecular flexibility index (Phi) is 4.67. The predicted molar refractivity (Wildman–Crippen MR) is 77.9 cm³/mol. The summed E-state index contributed by atoms with van der Waals surface area (Å²) in [6.07, 6.45) is 4.46. The average Bonchev–Trinajstić information content (AvgIpc) is 2.28. The summed E-state index contributed by atoms with van der Waals surface area (Å²) in [7, 11) is 0. The number of aliphatic hydroxyl groups excluding tert-OH is 1. The zero-order valence-electron chi connectivity index (χ0n) is 10.00. The van der Waals surface area contributed by atoms with Crippen LogP contribution in [-0.2, 0) is 0 Å². The van der Waals surface area contributed by atoms with E-state index < -0.39 is 0 Å². The number of hydrogen-bond acceptors (Lipinski definition) is 1. The molecular formula is C14H18Br2O. The van der Waals surface area contributed by atoms with E-state index in [-0.39, 0.29) is 6.10 Å². The van der Waals surface area contributed by atoms with Crippen molar-refractivity contribution in [3.63, 3.8) is 0 Å². The quantitative estimate of drug-likeness (QED) is 0.779. The highest BCUT2D eigenvalue weighted by Crippen LogP contribution is 2.37. The lowest BCUT2D eigenvalue weighted by Crippen LogP contribution is -2.19. The molecule has 0 heterocycles. The van der Waals surface area contributed by atoms with Gasteiger partial charge in [0.1, 0.15) is 0 Å². The molecule has 1 aromatic carbocycles. The van der Waals surface area contributed by atoms with Crippen LogP contribution in [0.15, 0.2) is 27.1 Å². The van der Waals surface area contributed by atoms with E-state index in [4.69, 9.17) is 0 Å². The van der Waals surface area contributed by atoms with Gasteiger partial charge < -0.3 is 5.11 Å². The Morgan fingerprint density at radius 3 is 2.12 bits per heavy atom. The van der Waals surface area contributed by atoms with E-state index in [1.165, 1.54) is 12.8 Å². The molecule has 0 spiro atoms. The summed E-state index contributed by atoms with van der Waals surface area (Å²) in [6, 6.07) is 6.04. The van der Waals surface area contributed by atoms with Crippen molar-refractivity contribution in [2.75, 3.05) is 0 Å². The molecule has 0 aromatic heterocycles. The van der Waals surface area contributed by atoms with Crippen molar-refractivity contribution in [2.45, 2.75) is 38.7 Å². The van der Waals surface area contributed by atoms with Crippen molar-refractivity contribution in [3.05, 3.63) is 32.7 Å². The molecule has 0 radical (unpaired) electrons. The molecule has 0 aliphatic heterocycles. The lowest BCUT2D eigenvalue weighted by Gasteiger charge is -2.30. The van der Waals surface area contributed by atoms with Gasteiger partial charge in [0.2, 0.25) is 0 Å². The fraction of sp³-hybridized carbons (Fsp3) is 0.571. The van der Waals surface area contributed by atoms with Crippen LogP contribution in [0.25, 0.3) is 0 Å². The van der Waals surface area contributed by atoms with E-state index in [9.17, 15) is 5.11 Å². The Hall–Kier alpha value is 0.140. The third-order valence-electron chi connectivity index (χ3n) is 3.73. The number of rotatable bonds is 2. The third-order valence-corrected chi connectivity index (χ3v) is 4.65. The zero-order valence-corrected chi connectivity index (χ0v) is 13.2. The molecule has 1 aliphatic rings. The van der Waals surface area contributed by atoms with Gasteiger partial charge in [-0.3, -0.25) is 0 Å². The van der Waals surface area contributed by atoms with Gasteiger partial charge in [-0.1, -0.05) is 51.6 Å². The van der Waals surface area contributed by atoms with Crippen LogP contribution in [0.2, 0.25) is 0 Å². The Bertz CT molecular complexity index is 364. The number of halogens is 2. The first-order chi connectivity index (χ1) is 8.06. The van der Waals surface area contributed by atoms with Gasteiger partial charge in [0.15, 0.2) is 0 Å². The molecule has 1 saturated carbocycles. The Labute approximate surface area is 120 Å². The Morgan fingerprint density at radius 2 is 1.59 bits per heavy atom.